The predicted molar refractivity (Wildman–Crippen MR) is 126 cm³/mol. The van der Waals surface area contributed by atoms with E-state index in [-0.39, 0.29) is 23.2 Å². The first-order chi connectivity index (χ1) is 15.9. The van der Waals surface area contributed by atoms with Crippen molar-refractivity contribution in [2.45, 2.75) is 17.9 Å². The number of carbonyl (C=O) groups is 1. The largest absolute Gasteiger partial charge is 0.308 e. The second-order valence-corrected chi connectivity index (χ2v) is 9.78. The van der Waals surface area contributed by atoms with Gasteiger partial charge in [-0.25, -0.2) is 17.5 Å². The highest BCUT2D eigenvalue weighted by Gasteiger charge is 2.26. The molecule has 0 aromatic heterocycles. The molecule has 0 spiro atoms. The van der Waals surface area contributed by atoms with E-state index in [2.05, 4.69) is 4.72 Å². The standard InChI is InChI=1S/C26H21FN2O3S/c27-23-9-6-20(7-10-23)26(30)29-14-13-22-15-18(5-12-25(22)29)17-28-33(31,32)24-11-8-19-3-1-2-4-21(19)16-24/h1-12,15-16,28H,13-14,17H2. The van der Waals surface area contributed by atoms with Crippen LogP contribution < -0.4 is 9.62 Å². The monoisotopic (exact) mass is 460 g/mol. The normalized spacial score (nSPS) is 13.3. The number of hydrogen-bond donors (Lipinski definition) is 1. The molecule has 5 nitrogen and oxygen atoms in total. The molecule has 4 aromatic rings. The highest BCUT2D eigenvalue weighted by atomic mass is 32.2. The van der Waals surface area contributed by atoms with Gasteiger partial charge in [-0.15, -0.1) is 0 Å². The van der Waals surface area contributed by atoms with Gasteiger partial charge in [-0.3, -0.25) is 4.79 Å². The molecule has 4 aromatic carbocycles. The van der Waals surface area contributed by atoms with E-state index in [0.29, 0.717) is 18.5 Å². The zero-order chi connectivity index (χ0) is 23.0. The van der Waals surface area contributed by atoms with E-state index in [1.165, 1.54) is 24.3 Å². The van der Waals surface area contributed by atoms with Gasteiger partial charge in [-0.05, 0) is 70.8 Å². The molecule has 0 fully saturated rings. The number of fused-ring (bicyclic) bond motifs is 2. The Balaban J connectivity index is 1.31. The lowest BCUT2D eigenvalue weighted by molar-refractivity contribution is 0.0989. The molecule has 0 bridgehead atoms. The minimum absolute atomic E-state index is 0.147. The van der Waals surface area contributed by atoms with Crippen molar-refractivity contribution in [3.05, 3.63) is 107 Å². The number of hydrogen-bond acceptors (Lipinski definition) is 3. The Kier molecular flexibility index (Phi) is 5.44. The summed E-state index contributed by atoms with van der Waals surface area (Å²) >= 11 is 0. The van der Waals surface area contributed by atoms with E-state index < -0.39 is 10.0 Å². The summed E-state index contributed by atoms with van der Waals surface area (Å²) in [5, 5.41) is 1.85. The summed E-state index contributed by atoms with van der Waals surface area (Å²) in [6.45, 7) is 0.673. The van der Waals surface area contributed by atoms with Gasteiger partial charge in [0.1, 0.15) is 5.82 Å². The Morgan fingerprint density at radius 3 is 2.45 bits per heavy atom. The summed E-state index contributed by atoms with van der Waals surface area (Å²) in [7, 11) is -3.67. The van der Waals surface area contributed by atoms with Crippen molar-refractivity contribution in [1.82, 2.24) is 4.72 Å². The molecule has 1 aliphatic heterocycles. The summed E-state index contributed by atoms with van der Waals surface area (Å²) in [5.74, 6) is -0.567. The summed E-state index contributed by atoms with van der Waals surface area (Å²) in [6, 6.07) is 23.8. The molecule has 0 atom stereocenters. The Bertz CT molecular complexity index is 1470. The van der Waals surface area contributed by atoms with E-state index in [4.69, 9.17) is 0 Å². The average Bonchev–Trinajstić information content (AvgIpc) is 3.26. The lowest BCUT2D eigenvalue weighted by Crippen LogP contribution is -2.28. The van der Waals surface area contributed by atoms with Gasteiger partial charge in [-0.2, -0.15) is 0 Å². The maximum absolute atomic E-state index is 13.2. The number of carbonyl (C=O) groups excluding carboxylic acids is 1. The van der Waals surface area contributed by atoms with E-state index in [1.807, 2.05) is 42.5 Å². The van der Waals surface area contributed by atoms with E-state index >= 15 is 0 Å². The second kappa shape index (κ2) is 8.42. The summed E-state index contributed by atoms with van der Waals surface area (Å²) in [5.41, 5.74) is 3.02. The van der Waals surface area contributed by atoms with Crippen LogP contribution in [0.1, 0.15) is 21.5 Å². The molecule has 166 valence electrons. The Morgan fingerprint density at radius 2 is 1.67 bits per heavy atom. The molecule has 0 saturated carbocycles. The van der Waals surface area contributed by atoms with Crippen LogP contribution in [0.2, 0.25) is 0 Å². The number of nitrogens with zero attached hydrogens (tertiary/aromatic N) is 1. The number of benzene rings is 4. The fourth-order valence-electron chi connectivity index (χ4n) is 4.12. The molecule has 1 N–H and O–H groups in total. The van der Waals surface area contributed by atoms with Crippen LogP contribution in [-0.4, -0.2) is 20.9 Å². The molecule has 7 heteroatoms. The SMILES string of the molecule is O=C(c1ccc(F)cc1)N1CCc2cc(CNS(=O)(=O)c3ccc4ccccc4c3)ccc21. The fourth-order valence-corrected chi connectivity index (χ4v) is 5.17. The highest BCUT2D eigenvalue weighted by Crippen LogP contribution is 2.30. The molecule has 0 unspecified atom stereocenters. The molecular weight excluding hydrogens is 439 g/mol. The van der Waals surface area contributed by atoms with E-state index in [0.717, 1.165) is 27.6 Å². The van der Waals surface area contributed by atoms with Crippen LogP contribution in [0.15, 0.2) is 89.8 Å². The van der Waals surface area contributed by atoms with Crippen LogP contribution in [0.3, 0.4) is 0 Å². The third-order valence-electron chi connectivity index (χ3n) is 5.87. The molecule has 33 heavy (non-hydrogen) atoms. The minimum Gasteiger partial charge on any atom is -0.308 e. The van der Waals surface area contributed by atoms with Gasteiger partial charge < -0.3 is 4.90 Å². The summed E-state index contributed by atoms with van der Waals surface area (Å²) in [6.07, 6.45) is 0.674. The Morgan fingerprint density at radius 1 is 0.909 bits per heavy atom. The smallest absolute Gasteiger partial charge is 0.258 e. The van der Waals surface area contributed by atoms with Gasteiger partial charge >= 0.3 is 0 Å². The van der Waals surface area contributed by atoms with Crippen LogP contribution in [0.4, 0.5) is 10.1 Å². The van der Waals surface area contributed by atoms with E-state index in [9.17, 15) is 17.6 Å². The van der Waals surface area contributed by atoms with Crippen molar-refractivity contribution in [2.75, 3.05) is 11.4 Å². The predicted octanol–water partition coefficient (Wildman–Crippen LogP) is 4.66. The topological polar surface area (TPSA) is 66.5 Å². The van der Waals surface area contributed by atoms with Gasteiger partial charge in [0, 0.05) is 24.3 Å². The highest BCUT2D eigenvalue weighted by molar-refractivity contribution is 7.89. The first-order valence-electron chi connectivity index (χ1n) is 10.6. The van der Waals surface area contributed by atoms with Crippen molar-refractivity contribution in [1.29, 1.82) is 0 Å². The van der Waals surface area contributed by atoms with Crippen molar-refractivity contribution < 1.29 is 17.6 Å². The second-order valence-electron chi connectivity index (χ2n) is 8.01. The van der Waals surface area contributed by atoms with Crippen molar-refractivity contribution in [3.8, 4) is 0 Å². The van der Waals surface area contributed by atoms with Crippen LogP contribution in [0.25, 0.3) is 10.8 Å². The third-order valence-corrected chi connectivity index (χ3v) is 7.27. The minimum atomic E-state index is -3.67. The Labute approximate surface area is 191 Å². The van der Waals surface area contributed by atoms with Crippen LogP contribution in [-0.2, 0) is 23.0 Å². The number of nitrogens with one attached hydrogen (secondary N) is 1. The Hall–Kier alpha value is -3.55. The summed E-state index contributed by atoms with van der Waals surface area (Å²) in [4.78, 5) is 14.7. The number of anilines is 1. The number of sulfonamides is 1. The van der Waals surface area contributed by atoms with Crippen LogP contribution in [0.5, 0.6) is 0 Å². The molecule has 1 aliphatic rings. The molecule has 0 saturated heterocycles. The fraction of sp³-hybridized carbons (Fsp3) is 0.115. The van der Waals surface area contributed by atoms with Gasteiger partial charge in [0.25, 0.3) is 5.91 Å². The first kappa shape index (κ1) is 21.3. The molecule has 0 aliphatic carbocycles. The van der Waals surface area contributed by atoms with Gasteiger partial charge in [0.15, 0.2) is 0 Å². The number of halogens is 1. The van der Waals surface area contributed by atoms with Crippen molar-refractivity contribution in [3.63, 3.8) is 0 Å². The van der Waals surface area contributed by atoms with Crippen LogP contribution >= 0.6 is 0 Å². The molecule has 1 amide bonds. The van der Waals surface area contributed by atoms with Gasteiger partial charge in [0.05, 0.1) is 4.90 Å². The quantitative estimate of drug-likeness (QED) is 0.471. The van der Waals surface area contributed by atoms with E-state index in [1.54, 1.807) is 23.1 Å². The van der Waals surface area contributed by atoms with Crippen LogP contribution in [0, 0.1) is 5.82 Å². The van der Waals surface area contributed by atoms with Crippen molar-refractivity contribution >= 4 is 32.4 Å². The zero-order valence-corrected chi connectivity index (χ0v) is 18.5. The zero-order valence-electron chi connectivity index (χ0n) is 17.7. The average molecular weight is 461 g/mol. The first-order valence-corrected chi connectivity index (χ1v) is 12.1. The molecule has 1 heterocycles. The summed E-state index contributed by atoms with van der Waals surface area (Å²) < 4.78 is 41.5. The molecule has 5 rings (SSSR count). The lowest BCUT2D eigenvalue weighted by Gasteiger charge is -2.18. The molecule has 0 radical (unpaired) electrons. The third kappa shape index (κ3) is 4.25. The number of amides is 1. The lowest BCUT2D eigenvalue weighted by atomic mass is 10.1. The van der Waals surface area contributed by atoms with Gasteiger partial charge in [0.2, 0.25) is 10.0 Å². The van der Waals surface area contributed by atoms with Crippen molar-refractivity contribution in [2.24, 2.45) is 0 Å². The maximum atomic E-state index is 13.2. The molecular formula is C26H21FN2O3S. The number of rotatable bonds is 5. The maximum Gasteiger partial charge on any atom is 0.258 e. The van der Waals surface area contributed by atoms with Gasteiger partial charge in [-0.1, -0.05) is 42.5 Å².